The summed E-state index contributed by atoms with van der Waals surface area (Å²) in [5.41, 5.74) is 5.96. The van der Waals surface area contributed by atoms with Crippen LogP contribution in [0.25, 0.3) is 0 Å². The van der Waals surface area contributed by atoms with Gasteiger partial charge in [0.25, 0.3) is 0 Å². The Kier molecular flexibility index (Phi) is 5.42. The number of rotatable bonds is 4. The zero-order valence-electron chi connectivity index (χ0n) is 12.0. The van der Waals surface area contributed by atoms with Gasteiger partial charge in [-0.3, -0.25) is 14.6 Å². The molecule has 1 aliphatic carbocycles. The molecular weight excluding hydrogens is 279 g/mol. The molecule has 2 unspecified atom stereocenters. The Bertz CT molecular complexity index is 483. The Morgan fingerprint density at radius 1 is 1.55 bits per heavy atom. The Hall–Kier alpha value is -1.26. The first-order chi connectivity index (χ1) is 9.18. The third kappa shape index (κ3) is 4.12. The van der Waals surface area contributed by atoms with Gasteiger partial charge in [0.2, 0.25) is 0 Å². The maximum atomic E-state index is 12.1. The van der Waals surface area contributed by atoms with E-state index in [2.05, 4.69) is 9.52 Å². The molecule has 0 amide bonds. The van der Waals surface area contributed by atoms with Crippen molar-refractivity contribution in [3.8, 4) is 0 Å². The molecule has 3 N–H and O–H groups in total. The first kappa shape index (κ1) is 16.8. The lowest BCUT2D eigenvalue weighted by Gasteiger charge is -2.29. The van der Waals surface area contributed by atoms with Crippen molar-refractivity contribution < 1.29 is 19.2 Å². The van der Waals surface area contributed by atoms with Gasteiger partial charge in [-0.05, 0) is 12.3 Å². The van der Waals surface area contributed by atoms with Crippen LogP contribution in [0.15, 0.2) is 16.3 Å². The zero-order chi connectivity index (χ0) is 15.5. The van der Waals surface area contributed by atoms with Crippen LogP contribution in [-0.4, -0.2) is 35.2 Å². The fourth-order valence-electron chi connectivity index (χ4n) is 2.18. The second-order valence-corrected chi connectivity index (χ2v) is 5.97. The number of carbonyl (C=O) groups excluding carboxylic acids is 2. The minimum absolute atomic E-state index is 0.00647. The molecule has 0 spiro atoms. The molecule has 0 aromatic heterocycles. The molecule has 2 atom stereocenters. The molecule has 0 fully saturated rings. The van der Waals surface area contributed by atoms with Crippen molar-refractivity contribution in [2.75, 3.05) is 6.54 Å². The highest BCUT2D eigenvalue weighted by molar-refractivity contribution is 7.10. The molecule has 1 rings (SSSR count). The summed E-state index contributed by atoms with van der Waals surface area (Å²) in [6.45, 7) is 5.48. The molecule has 0 bridgehead atoms. The summed E-state index contributed by atoms with van der Waals surface area (Å²) in [6, 6.07) is -0.889. The van der Waals surface area contributed by atoms with Crippen molar-refractivity contribution in [3.63, 3.8) is 0 Å². The lowest BCUT2D eigenvalue weighted by Crippen LogP contribution is -2.34. The van der Waals surface area contributed by atoms with E-state index in [1.54, 1.807) is 6.92 Å². The van der Waals surface area contributed by atoms with Crippen LogP contribution >= 0.6 is 9.47 Å². The normalized spacial score (nSPS) is 20.9. The van der Waals surface area contributed by atoms with Crippen molar-refractivity contribution in [2.45, 2.75) is 39.7 Å². The van der Waals surface area contributed by atoms with Crippen molar-refractivity contribution in [1.82, 2.24) is 0 Å². The third-order valence-corrected chi connectivity index (χ3v) is 3.39. The molecular formula is C13H21N2O4P. The number of nitrogens with two attached hydrogens (primary N) is 1. The SMILES string of the molecule is CC(=NCC(N)C(=O)OP)C1=C(O)CC(C)(C)CC1=O. The topological polar surface area (TPSA) is 102 Å². The number of allylic oxidation sites excluding steroid dienone is 2. The number of Topliss-reactive ketones (excluding diaryl/α,β-unsaturated/α-hetero) is 1. The quantitative estimate of drug-likeness (QED) is 0.602. The number of aliphatic imine (C=N–C) groups is 1. The van der Waals surface area contributed by atoms with E-state index in [4.69, 9.17) is 5.73 Å². The zero-order valence-corrected chi connectivity index (χ0v) is 13.1. The highest BCUT2D eigenvalue weighted by Crippen LogP contribution is 2.36. The monoisotopic (exact) mass is 300 g/mol. The van der Waals surface area contributed by atoms with Gasteiger partial charge in [-0.25, -0.2) is 0 Å². The van der Waals surface area contributed by atoms with Crippen LogP contribution in [0.2, 0.25) is 0 Å². The summed E-state index contributed by atoms with van der Waals surface area (Å²) in [4.78, 5) is 27.3. The Balaban J connectivity index is 2.88. The van der Waals surface area contributed by atoms with Gasteiger partial charge in [-0.1, -0.05) is 13.8 Å². The van der Waals surface area contributed by atoms with Gasteiger partial charge < -0.3 is 15.4 Å². The van der Waals surface area contributed by atoms with Gasteiger partial charge in [0.05, 0.1) is 21.6 Å². The summed E-state index contributed by atoms with van der Waals surface area (Å²) in [7, 11) is 1.83. The molecule has 6 nitrogen and oxygen atoms in total. The molecule has 7 heteroatoms. The first-order valence-corrected chi connectivity index (χ1v) is 6.78. The second-order valence-electron chi connectivity index (χ2n) is 5.73. The van der Waals surface area contributed by atoms with E-state index in [9.17, 15) is 14.7 Å². The van der Waals surface area contributed by atoms with E-state index in [1.165, 1.54) is 0 Å². The Morgan fingerprint density at radius 2 is 2.15 bits per heavy atom. The molecule has 0 aliphatic heterocycles. The third-order valence-electron chi connectivity index (χ3n) is 3.16. The van der Waals surface area contributed by atoms with Crippen molar-refractivity contribution >= 4 is 26.9 Å². The molecule has 0 radical (unpaired) electrons. The van der Waals surface area contributed by atoms with E-state index in [-0.39, 0.29) is 29.1 Å². The van der Waals surface area contributed by atoms with Crippen LogP contribution in [0.3, 0.4) is 0 Å². The highest BCUT2D eigenvalue weighted by atomic mass is 31.0. The van der Waals surface area contributed by atoms with E-state index in [1.807, 2.05) is 23.3 Å². The fourth-order valence-corrected chi connectivity index (χ4v) is 2.35. The standard InChI is InChI=1S/C13H21N2O4P/c1-7(15-6-8(14)12(18)19-20)11-9(16)4-13(2,3)5-10(11)17/h8,16H,4-6,14,20H2,1-3H3. The average Bonchev–Trinajstić information content (AvgIpc) is 2.32. The number of hydrogen-bond donors (Lipinski definition) is 2. The lowest BCUT2D eigenvalue weighted by molar-refractivity contribution is -0.134. The first-order valence-electron chi connectivity index (χ1n) is 6.31. The smallest absolute Gasteiger partial charge is 0.326 e. The summed E-state index contributed by atoms with van der Waals surface area (Å²) >= 11 is 0. The predicted octanol–water partition coefficient (Wildman–Crippen LogP) is 1.31. The highest BCUT2D eigenvalue weighted by Gasteiger charge is 2.34. The Morgan fingerprint density at radius 3 is 2.65 bits per heavy atom. The predicted molar refractivity (Wildman–Crippen MR) is 79.4 cm³/mol. The number of aliphatic hydroxyl groups excluding tert-OH is 1. The Labute approximate surface area is 120 Å². The molecule has 0 aromatic carbocycles. The summed E-state index contributed by atoms with van der Waals surface area (Å²) in [5, 5.41) is 10.0. The van der Waals surface area contributed by atoms with E-state index in [0.717, 1.165) is 0 Å². The maximum Gasteiger partial charge on any atom is 0.326 e. The average molecular weight is 300 g/mol. The van der Waals surface area contributed by atoms with Crippen molar-refractivity contribution in [3.05, 3.63) is 11.3 Å². The van der Waals surface area contributed by atoms with Crippen LogP contribution < -0.4 is 5.73 Å². The van der Waals surface area contributed by atoms with Gasteiger partial charge >= 0.3 is 5.97 Å². The van der Waals surface area contributed by atoms with Crippen molar-refractivity contribution in [2.24, 2.45) is 16.1 Å². The van der Waals surface area contributed by atoms with Gasteiger partial charge in [0, 0.05) is 18.6 Å². The summed E-state index contributed by atoms with van der Waals surface area (Å²) < 4.78 is 4.41. The minimum Gasteiger partial charge on any atom is -0.511 e. The number of nitrogens with zero attached hydrogens (tertiary/aromatic N) is 1. The van der Waals surface area contributed by atoms with Gasteiger partial charge in [0.15, 0.2) is 5.78 Å². The number of hydrogen-bond acceptors (Lipinski definition) is 6. The number of aliphatic hydroxyl groups is 1. The van der Waals surface area contributed by atoms with Crippen molar-refractivity contribution in [1.29, 1.82) is 0 Å². The number of ketones is 1. The number of carbonyl (C=O) groups is 2. The molecule has 0 saturated heterocycles. The van der Waals surface area contributed by atoms with Gasteiger partial charge in [-0.15, -0.1) is 0 Å². The maximum absolute atomic E-state index is 12.1. The van der Waals surface area contributed by atoms with E-state index in [0.29, 0.717) is 18.6 Å². The fraction of sp³-hybridized carbons (Fsp3) is 0.615. The largest absolute Gasteiger partial charge is 0.511 e. The van der Waals surface area contributed by atoms with Crippen LogP contribution in [0.1, 0.15) is 33.6 Å². The molecule has 0 saturated carbocycles. The molecule has 112 valence electrons. The summed E-state index contributed by atoms with van der Waals surface area (Å²) in [6.07, 6.45) is 0.791. The van der Waals surface area contributed by atoms with E-state index >= 15 is 0 Å². The summed E-state index contributed by atoms with van der Waals surface area (Å²) in [5.74, 6) is -0.683. The van der Waals surface area contributed by atoms with Crippen LogP contribution in [0.5, 0.6) is 0 Å². The molecule has 1 aliphatic rings. The van der Waals surface area contributed by atoms with Crippen LogP contribution in [0, 0.1) is 5.41 Å². The lowest BCUT2D eigenvalue weighted by atomic mass is 9.76. The molecule has 20 heavy (non-hydrogen) atoms. The molecule has 0 heterocycles. The van der Waals surface area contributed by atoms with Gasteiger partial charge in [-0.2, -0.15) is 0 Å². The minimum atomic E-state index is -0.889. The second kappa shape index (κ2) is 6.46. The van der Waals surface area contributed by atoms with Crippen LogP contribution in [-0.2, 0) is 14.1 Å². The van der Waals surface area contributed by atoms with Gasteiger partial charge in [0.1, 0.15) is 11.8 Å². The molecule has 0 aromatic rings. The van der Waals surface area contributed by atoms with Crippen LogP contribution in [0.4, 0.5) is 0 Å². The van der Waals surface area contributed by atoms with E-state index < -0.39 is 12.0 Å².